The highest BCUT2D eigenvalue weighted by molar-refractivity contribution is 4.89. The van der Waals surface area contributed by atoms with Crippen molar-refractivity contribution in [3.05, 3.63) is 0 Å². The lowest BCUT2D eigenvalue weighted by Gasteiger charge is -2.46. The van der Waals surface area contributed by atoms with E-state index in [4.69, 9.17) is 0 Å². The fourth-order valence-electron chi connectivity index (χ4n) is 3.13. The number of hydrogen-bond donors (Lipinski definition) is 0. The van der Waals surface area contributed by atoms with Crippen LogP contribution in [0.3, 0.4) is 0 Å². The van der Waals surface area contributed by atoms with Crippen molar-refractivity contribution in [3.63, 3.8) is 0 Å². The molecular weight excluding hydrogens is 192 g/mol. The third-order valence-electron chi connectivity index (χ3n) is 4.78. The monoisotopic (exact) mass is 224 g/mol. The second kappa shape index (κ2) is 6.67. The lowest BCUT2D eigenvalue weighted by molar-refractivity contribution is 0.0540. The summed E-state index contributed by atoms with van der Waals surface area (Å²) in [7, 11) is 0. The zero-order valence-corrected chi connectivity index (χ0v) is 12.0. The van der Waals surface area contributed by atoms with E-state index < -0.39 is 0 Å². The molecule has 0 heterocycles. The molecule has 0 bridgehead atoms. The summed E-state index contributed by atoms with van der Waals surface area (Å²) >= 11 is 0. The summed E-state index contributed by atoms with van der Waals surface area (Å²) in [6, 6.07) is 0. The molecule has 1 saturated carbocycles. The molecule has 1 rings (SSSR count). The molecule has 0 saturated heterocycles. The van der Waals surface area contributed by atoms with Crippen LogP contribution in [0.5, 0.6) is 0 Å². The van der Waals surface area contributed by atoms with Crippen LogP contribution in [-0.2, 0) is 0 Å². The van der Waals surface area contributed by atoms with Gasteiger partial charge in [-0.05, 0) is 36.5 Å². The minimum absolute atomic E-state index is 0.762. The van der Waals surface area contributed by atoms with E-state index in [0.29, 0.717) is 0 Å². The standard InChI is InChI=1S/C16H32/c1-14(2)10-7-5-6-8-11-16(15(3)4)12-9-13-16/h14-15H,5-13H2,1-4H3. The van der Waals surface area contributed by atoms with Crippen LogP contribution in [0.15, 0.2) is 0 Å². The Balaban J connectivity index is 2.02. The van der Waals surface area contributed by atoms with Crippen LogP contribution in [0.4, 0.5) is 0 Å². The van der Waals surface area contributed by atoms with Gasteiger partial charge in [0.15, 0.2) is 0 Å². The molecule has 0 N–H and O–H groups in total. The van der Waals surface area contributed by atoms with Gasteiger partial charge in [-0.15, -0.1) is 0 Å². The van der Waals surface area contributed by atoms with E-state index >= 15 is 0 Å². The second-order valence-corrected chi connectivity index (χ2v) is 6.72. The van der Waals surface area contributed by atoms with E-state index in [9.17, 15) is 0 Å². The molecule has 0 aromatic heterocycles. The van der Waals surface area contributed by atoms with Gasteiger partial charge < -0.3 is 0 Å². The molecule has 1 aliphatic rings. The van der Waals surface area contributed by atoms with Gasteiger partial charge in [-0.25, -0.2) is 0 Å². The Morgan fingerprint density at radius 3 is 1.94 bits per heavy atom. The van der Waals surface area contributed by atoms with Crippen LogP contribution < -0.4 is 0 Å². The highest BCUT2D eigenvalue weighted by Gasteiger charge is 2.38. The minimum Gasteiger partial charge on any atom is -0.0628 e. The minimum atomic E-state index is 0.762. The number of unbranched alkanes of at least 4 members (excludes halogenated alkanes) is 3. The zero-order chi connectivity index (χ0) is 12.0. The van der Waals surface area contributed by atoms with Gasteiger partial charge in [-0.1, -0.05) is 66.2 Å². The van der Waals surface area contributed by atoms with Gasteiger partial charge in [0.05, 0.1) is 0 Å². The van der Waals surface area contributed by atoms with Gasteiger partial charge >= 0.3 is 0 Å². The van der Waals surface area contributed by atoms with E-state index in [-0.39, 0.29) is 0 Å². The normalized spacial score (nSPS) is 19.1. The van der Waals surface area contributed by atoms with Crippen molar-refractivity contribution in [1.82, 2.24) is 0 Å². The Kier molecular flexibility index (Phi) is 5.86. The Morgan fingerprint density at radius 1 is 0.875 bits per heavy atom. The molecule has 1 aliphatic carbocycles. The lowest BCUT2D eigenvalue weighted by Crippen LogP contribution is -2.34. The third-order valence-corrected chi connectivity index (χ3v) is 4.78. The fraction of sp³-hybridized carbons (Fsp3) is 1.00. The molecule has 0 aromatic rings. The van der Waals surface area contributed by atoms with Crippen LogP contribution in [0.25, 0.3) is 0 Å². The SMILES string of the molecule is CC(C)CCCCCCC1(C(C)C)CCC1. The summed E-state index contributed by atoms with van der Waals surface area (Å²) in [5.74, 6) is 1.81. The Morgan fingerprint density at radius 2 is 1.50 bits per heavy atom. The van der Waals surface area contributed by atoms with Gasteiger partial charge in [0.25, 0.3) is 0 Å². The predicted octanol–water partition coefficient (Wildman–Crippen LogP) is 5.81. The summed E-state index contributed by atoms with van der Waals surface area (Å²) in [5.41, 5.74) is 0.762. The van der Waals surface area contributed by atoms with Crippen molar-refractivity contribution in [2.75, 3.05) is 0 Å². The molecule has 0 aliphatic heterocycles. The van der Waals surface area contributed by atoms with Crippen molar-refractivity contribution < 1.29 is 0 Å². The Bertz CT molecular complexity index is 174. The van der Waals surface area contributed by atoms with Gasteiger partial charge in [0, 0.05) is 0 Å². The second-order valence-electron chi connectivity index (χ2n) is 6.72. The molecule has 0 atom stereocenters. The molecule has 0 radical (unpaired) electrons. The highest BCUT2D eigenvalue weighted by Crippen LogP contribution is 2.50. The average molecular weight is 224 g/mol. The van der Waals surface area contributed by atoms with Gasteiger partial charge in [-0.3, -0.25) is 0 Å². The van der Waals surface area contributed by atoms with Gasteiger partial charge in [-0.2, -0.15) is 0 Å². The van der Waals surface area contributed by atoms with Crippen molar-refractivity contribution in [2.45, 2.75) is 85.5 Å². The van der Waals surface area contributed by atoms with E-state index in [1.165, 1.54) is 57.8 Å². The summed E-state index contributed by atoms with van der Waals surface area (Å²) < 4.78 is 0. The van der Waals surface area contributed by atoms with Gasteiger partial charge in [0.2, 0.25) is 0 Å². The average Bonchev–Trinajstić information content (AvgIpc) is 2.12. The molecule has 0 heteroatoms. The first-order valence-electron chi connectivity index (χ1n) is 7.57. The van der Waals surface area contributed by atoms with Crippen LogP contribution in [0.1, 0.15) is 85.5 Å². The molecule has 0 unspecified atom stereocenters. The first-order chi connectivity index (χ1) is 7.57. The first kappa shape index (κ1) is 14.1. The van der Waals surface area contributed by atoms with Crippen molar-refractivity contribution in [1.29, 1.82) is 0 Å². The van der Waals surface area contributed by atoms with E-state index in [0.717, 1.165) is 17.3 Å². The highest BCUT2D eigenvalue weighted by atomic mass is 14.4. The van der Waals surface area contributed by atoms with Crippen molar-refractivity contribution in [2.24, 2.45) is 17.3 Å². The molecule has 16 heavy (non-hydrogen) atoms. The summed E-state index contributed by atoms with van der Waals surface area (Å²) in [4.78, 5) is 0. The number of rotatable bonds is 8. The smallest absolute Gasteiger partial charge is 0.0274 e. The van der Waals surface area contributed by atoms with Crippen LogP contribution in [0.2, 0.25) is 0 Å². The maximum atomic E-state index is 2.43. The number of hydrogen-bond acceptors (Lipinski definition) is 0. The Labute approximate surface area is 103 Å². The van der Waals surface area contributed by atoms with Crippen LogP contribution in [0, 0.1) is 17.3 Å². The Hall–Kier alpha value is 0. The molecule has 0 spiro atoms. The van der Waals surface area contributed by atoms with E-state index in [1.807, 2.05) is 0 Å². The topological polar surface area (TPSA) is 0 Å². The summed E-state index contributed by atoms with van der Waals surface area (Å²) in [5, 5.41) is 0. The third kappa shape index (κ3) is 4.11. The quantitative estimate of drug-likeness (QED) is 0.456. The maximum Gasteiger partial charge on any atom is -0.0274 e. The maximum absolute atomic E-state index is 2.43. The first-order valence-corrected chi connectivity index (χ1v) is 7.57. The van der Waals surface area contributed by atoms with E-state index in [2.05, 4.69) is 27.7 Å². The molecule has 96 valence electrons. The molecule has 0 aromatic carbocycles. The fourth-order valence-corrected chi connectivity index (χ4v) is 3.13. The van der Waals surface area contributed by atoms with Gasteiger partial charge in [0.1, 0.15) is 0 Å². The summed E-state index contributed by atoms with van der Waals surface area (Å²) in [6.07, 6.45) is 13.3. The van der Waals surface area contributed by atoms with Crippen molar-refractivity contribution >= 4 is 0 Å². The molecule has 0 amide bonds. The van der Waals surface area contributed by atoms with Crippen molar-refractivity contribution in [3.8, 4) is 0 Å². The van der Waals surface area contributed by atoms with Crippen LogP contribution >= 0.6 is 0 Å². The van der Waals surface area contributed by atoms with E-state index in [1.54, 1.807) is 0 Å². The molecule has 0 nitrogen and oxygen atoms in total. The van der Waals surface area contributed by atoms with Crippen LogP contribution in [-0.4, -0.2) is 0 Å². The predicted molar refractivity (Wildman–Crippen MR) is 73.7 cm³/mol. The lowest BCUT2D eigenvalue weighted by atomic mass is 9.60. The zero-order valence-electron chi connectivity index (χ0n) is 12.0. The largest absolute Gasteiger partial charge is 0.0628 e. The molecule has 1 fully saturated rings. The summed E-state index contributed by atoms with van der Waals surface area (Å²) in [6.45, 7) is 9.53. The molecular formula is C16H32.